The lowest BCUT2D eigenvalue weighted by Crippen LogP contribution is -2.44. The van der Waals surface area contributed by atoms with E-state index in [4.69, 9.17) is 0 Å². The van der Waals surface area contributed by atoms with Crippen LogP contribution in [0.25, 0.3) is 0 Å². The number of rotatable bonds is 3. The molecule has 4 rings (SSSR count). The standard InChI is InChI=1S/C21H18F3N3O4/c1-10-13(22)5-4-11(16(10)24)7-25-20(30)12-8-27-15-9-26(6-2-3-14(15)23)21(31)17(27)19(29)18(12)28/h3-5,8,15,29H,2,6-7,9H2,1H3,(H,25,30). The Morgan fingerprint density at radius 3 is 2.74 bits per heavy atom. The number of amides is 2. The highest BCUT2D eigenvalue weighted by Gasteiger charge is 2.38. The highest BCUT2D eigenvalue weighted by atomic mass is 19.1. The molecule has 0 saturated heterocycles. The molecule has 0 saturated carbocycles. The second-order valence-electron chi connectivity index (χ2n) is 7.45. The molecule has 162 valence electrons. The van der Waals surface area contributed by atoms with Crippen molar-refractivity contribution in [2.45, 2.75) is 25.9 Å². The lowest BCUT2D eigenvalue weighted by Gasteiger charge is -2.34. The first-order valence-corrected chi connectivity index (χ1v) is 9.55. The summed E-state index contributed by atoms with van der Waals surface area (Å²) < 4.78 is 43.2. The second kappa shape index (κ2) is 7.60. The SMILES string of the molecule is Cc1c(F)ccc(CNC(=O)c2cn3c(c(O)c2=O)C(=O)N2CCC=C(F)C3C2)c1F. The van der Waals surface area contributed by atoms with Gasteiger partial charge in [0.2, 0.25) is 5.43 Å². The van der Waals surface area contributed by atoms with Crippen molar-refractivity contribution < 1.29 is 27.9 Å². The van der Waals surface area contributed by atoms with Crippen LogP contribution in [0.4, 0.5) is 13.2 Å². The Labute approximate surface area is 174 Å². The Balaban J connectivity index is 1.70. The molecule has 2 amide bonds. The first-order valence-electron chi connectivity index (χ1n) is 9.55. The summed E-state index contributed by atoms with van der Waals surface area (Å²) in [5.41, 5.74) is -2.23. The number of benzene rings is 1. The molecule has 0 spiro atoms. The van der Waals surface area contributed by atoms with Gasteiger partial charge in [-0.15, -0.1) is 0 Å². The molecule has 2 aliphatic rings. The number of fused-ring (bicyclic) bond motifs is 4. The predicted octanol–water partition coefficient (Wildman–Crippen LogP) is 2.32. The Hall–Kier alpha value is -3.56. The molecule has 0 fully saturated rings. The van der Waals surface area contributed by atoms with Crippen molar-refractivity contribution in [1.29, 1.82) is 0 Å². The van der Waals surface area contributed by atoms with Crippen LogP contribution in [0.2, 0.25) is 0 Å². The molecular weight excluding hydrogens is 415 g/mol. The van der Waals surface area contributed by atoms with Crippen LogP contribution in [0.3, 0.4) is 0 Å². The summed E-state index contributed by atoms with van der Waals surface area (Å²) in [6.07, 6.45) is 2.63. The van der Waals surface area contributed by atoms with Gasteiger partial charge in [-0.1, -0.05) is 6.07 Å². The zero-order valence-electron chi connectivity index (χ0n) is 16.4. The van der Waals surface area contributed by atoms with Gasteiger partial charge in [-0.2, -0.15) is 0 Å². The van der Waals surface area contributed by atoms with E-state index < -0.39 is 52.1 Å². The van der Waals surface area contributed by atoms with Crippen molar-refractivity contribution >= 4 is 11.8 Å². The second-order valence-corrected chi connectivity index (χ2v) is 7.45. The Morgan fingerprint density at radius 1 is 1.26 bits per heavy atom. The molecule has 7 nitrogen and oxygen atoms in total. The fourth-order valence-corrected chi connectivity index (χ4v) is 3.80. The zero-order chi connectivity index (χ0) is 22.4. The number of aromatic hydroxyl groups is 1. The third kappa shape index (κ3) is 3.37. The van der Waals surface area contributed by atoms with Crippen LogP contribution in [-0.4, -0.2) is 39.5 Å². The maximum absolute atomic E-state index is 14.5. The summed E-state index contributed by atoms with van der Waals surface area (Å²) in [7, 11) is 0. The van der Waals surface area contributed by atoms with Gasteiger partial charge < -0.3 is 19.9 Å². The molecule has 2 bridgehead atoms. The average Bonchev–Trinajstić information content (AvgIpc) is 2.91. The van der Waals surface area contributed by atoms with E-state index in [2.05, 4.69) is 5.32 Å². The molecule has 2 N–H and O–H groups in total. The normalized spacial score (nSPS) is 17.7. The van der Waals surface area contributed by atoms with E-state index >= 15 is 0 Å². The van der Waals surface area contributed by atoms with Crippen LogP contribution in [0.5, 0.6) is 5.75 Å². The van der Waals surface area contributed by atoms with E-state index in [9.17, 15) is 32.7 Å². The summed E-state index contributed by atoms with van der Waals surface area (Å²) in [4.78, 5) is 39.1. The van der Waals surface area contributed by atoms with Gasteiger partial charge in [0.25, 0.3) is 11.8 Å². The average molecular weight is 433 g/mol. The minimum Gasteiger partial charge on any atom is -0.503 e. The smallest absolute Gasteiger partial charge is 0.274 e. The summed E-state index contributed by atoms with van der Waals surface area (Å²) in [6.45, 7) is 1.13. The van der Waals surface area contributed by atoms with E-state index in [-0.39, 0.29) is 42.9 Å². The zero-order valence-corrected chi connectivity index (χ0v) is 16.4. The highest BCUT2D eigenvalue weighted by Crippen LogP contribution is 2.33. The fraction of sp³-hybridized carbons (Fsp3) is 0.286. The van der Waals surface area contributed by atoms with E-state index in [0.717, 1.165) is 22.9 Å². The quantitative estimate of drug-likeness (QED) is 0.777. The van der Waals surface area contributed by atoms with Gasteiger partial charge in [-0.25, -0.2) is 13.2 Å². The first kappa shape index (κ1) is 20.7. The molecular formula is C21H18F3N3O4. The van der Waals surface area contributed by atoms with Crippen LogP contribution in [0, 0.1) is 18.6 Å². The van der Waals surface area contributed by atoms with Gasteiger partial charge in [0.15, 0.2) is 11.4 Å². The van der Waals surface area contributed by atoms with Gasteiger partial charge >= 0.3 is 0 Å². The highest BCUT2D eigenvalue weighted by molar-refractivity contribution is 5.99. The molecule has 1 aromatic carbocycles. The van der Waals surface area contributed by atoms with Crippen molar-refractivity contribution in [3.8, 4) is 5.75 Å². The van der Waals surface area contributed by atoms with E-state index in [1.807, 2.05) is 0 Å². The van der Waals surface area contributed by atoms with Gasteiger partial charge in [0.05, 0.1) is 0 Å². The molecule has 10 heteroatoms. The lowest BCUT2D eigenvalue weighted by molar-refractivity contribution is 0.0677. The molecule has 2 aromatic rings. The largest absolute Gasteiger partial charge is 0.503 e. The fourth-order valence-electron chi connectivity index (χ4n) is 3.80. The number of halogens is 3. The topological polar surface area (TPSA) is 91.6 Å². The van der Waals surface area contributed by atoms with Crippen molar-refractivity contribution in [3.05, 3.63) is 74.5 Å². The summed E-state index contributed by atoms with van der Waals surface area (Å²) >= 11 is 0. The molecule has 0 radical (unpaired) electrons. The van der Waals surface area contributed by atoms with Crippen LogP contribution in [0.1, 0.15) is 44.4 Å². The minimum absolute atomic E-state index is 0.00176. The van der Waals surface area contributed by atoms with E-state index in [1.54, 1.807) is 0 Å². The number of aromatic nitrogens is 1. The van der Waals surface area contributed by atoms with Gasteiger partial charge in [0.1, 0.15) is 29.1 Å². The molecule has 1 unspecified atom stereocenters. The molecule has 0 aliphatic carbocycles. The van der Waals surface area contributed by atoms with Gasteiger partial charge in [-0.3, -0.25) is 14.4 Å². The summed E-state index contributed by atoms with van der Waals surface area (Å²) in [5, 5.41) is 12.7. The number of carbonyl (C=O) groups excluding carboxylic acids is 2. The Bertz CT molecular complexity index is 1210. The number of nitrogens with one attached hydrogen (secondary N) is 1. The minimum atomic E-state index is -1.10. The van der Waals surface area contributed by atoms with Crippen LogP contribution < -0.4 is 10.7 Å². The number of hydrogen-bond donors (Lipinski definition) is 2. The van der Waals surface area contributed by atoms with Crippen LogP contribution in [0.15, 0.2) is 35.0 Å². The molecule has 1 atom stereocenters. The van der Waals surface area contributed by atoms with E-state index in [1.165, 1.54) is 17.9 Å². The third-order valence-corrected chi connectivity index (χ3v) is 5.57. The number of carbonyl (C=O) groups is 2. The van der Waals surface area contributed by atoms with Crippen molar-refractivity contribution in [2.24, 2.45) is 0 Å². The molecule has 2 aliphatic heterocycles. The molecule has 1 aromatic heterocycles. The van der Waals surface area contributed by atoms with Crippen molar-refractivity contribution in [3.63, 3.8) is 0 Å². The summed E-state index contributed by atoms with van der Waals surface area (Å²) in [6, 6.07) is 1.23. The lowest BCUT2D eigenvalue weighted by atomic mass is 10.1. The van der Waals surface area contributed by atoms with Gasteiger partial charge in [-0.05, 0) is 25.5 Å². The Kier molecular flexibility index (Phi) is 5.08. The van der Waals surface area contributed by atoms with E-state index in [0.29, 0.717) is 0 Å². The molecule has 31 heavy (non-hydrogen) atoms. The number of nitrogens with zero attached hydrogens (tertiary/aromatic N) is 2. The third-order valence-electron chi connectivity index (χ3n) is 5.57. The first-order chi connectivity index (χ1) is 14.7. The van der Waals surface area contributed by atoms with Crippen molar-refractivity contribution in [1.82, 2.24) is 14.8 Å². The number of pyridine rings is 1. The maximum Gasteiger partial charge on any atom is 0.274 e. The van der Waals surface area contributed by atoms with Crippen LogP contribution >= 0.6 is 0 Å². The summed E-state index contributed by atoms with van der Waals surface area (Å²) in [5.74, 6) is -4.65. The maximum atomic E-state index is 14.5. The predicted molar refractivity (Wildman–Crippen MR) is 103 cm³/mol. The molecule has 3 heterocycles. The monoisotopic (exact) mass is 433 g/mol. The van der Waals surface area contributed by atoms with Gasteiger partial charge in [0, 0.05) is 37.0 Å². The number of hydrogen-bond acceptors (Lipinski definition) is 4. The Morgan fingerprint density at radius 2 is 2.00 bits per heavy atom. The van der Waals surface area contributed by atoms with Crippen molar-refractivity contribution in [2.75, 3.05) is 13.1 Å². The van der Waals surface area contributed by atoms with Crippen LogP contribution in [-0.2, 0) is 6.54 Å².